The molecule has 2 saturated heterocycles. The van der Waals surface area contributed by atoms with Gasteiger partial charge in [-0.05, 0) is 36.2 Å². The van der Waals surface area contributed by atoms with Gasteiger partial charge in [-0.25, -0.2) is 4.39 Å². The second-order valence-electron chi connectivity index (χ2n) is 7.57. The summed E-state index contributed by atoms with van der Waals surface area (Å²) in [6.45, 7) is 1.01. The van der Waals surface area contributed by atoms with Crippen LogP contribution in [-0.2, 0) is 4.79 Å². The molecule has 148 valence electrons. The Balaban J connectivity index is 1.45. The molecule has 1 N–H and O–H groups in total. The van der Waals surface area contributed by atoms with Crippen LogP contribution >= 0.6 is 34.5 Å². The fourth-order valence-corrected chi connectivity index (χ4v) is 5.82. The van der Waals surface area contributed by atoms with Crippen molar-refractivity contribution in [1.29, 1.82) is 0 Å². The lowest BCUT2D eigenvalue weighted by Crippen LogP contribution is -2.68. The summed E-state index contributed by atoms with van der Waals surface area (Å²) >= 11 is 14.1. The molecule has 8 heteroatoms. The summed E-state index contributed by atoms with van der Waals surface area (Å²) in [5, 5.41) is 4.63. The van der Waals surface area contributed by atoms with E-state index in [1.54, 1.807) is 4.90 Å². The van der Waals surface area contributed by atoms with Crippen LogP contribution in [-0.4, -0.2) is 35.3 Å². The van der Waals surface area contributed by atoms with Crippen LogP contribution in [0.1, 0.15) is 22.5 Å². The highest BCUT2D eigenvalue weighted by Crippen LogP contribution is 2.41. The minimum absolute atomic E-state index is 0.0422. The maximum absolute atomic E-state index is 13.7. The standard InChI is InChI=1S/C21H15Cl2FN2O2S/c22-15-4-2-12(24)8-14(15)11-1-3-13-16(7-11)29-19(18(13)23)20(28)26-9-21(10-26)6-5-17(27)25-21/h1-4,7-8H,5-6,9-10H2,(H,25,27). The number of halogens is 3. The zero-order chi connectivity index (χ0) is 20.3. The Morgan fingerprint density at radius 1 is 1.17 bits per heavy atom. The molecule has 2 aliphatic rings. The van der Waals surface area contributed by atoms with Gasteiger partial charge >= 0.3 is 0 Å². The first-order valence-corrected chi connectivity index (χ1v) is 10.7. The smallest absolute Gasteiger partial charge is 0.265 e. The zero-order valence-corrected chi connectivity index (χ0v) is 17.4. The molecular weight excluding hydrogens is 434 g/mol. The summed E-state index contributed by atoms with van der Waals surface area (Å²) in [5.74, 6) is -0.455. The molecule has 3 heterocycles. The number of nitrogens with zero attached hydrogens (tertiary/aromatic N) is 1. The summed E-state index contributed by atoms with van der Waals surface area (Å²) < 4.78 is 14.5. The Hall–Kier alpha value is -2.15. The number of amides is 2. The predicted molar refractivity (Wildman–Crippen MR) is 113 cm³/mol. The van der Waals surface area contributed by atoms with Crippen molar-refractivity contribution in [3.63, 3.8) is 0 Å². The van der Waals surface area contributed by atoms with Crippen LogP contribution in [0.25, 0.3) is 21.2 Å². The van der Waals surface area contributed by atoms with Gasteiger partial charge in [-0.3, -0.25) is 9.59 Å². The average molecular weight is 449 g/mol. The van der Waals surface area contributed by atoms with Crippen molar-refractivity contribution in [2.24, 2.45) is 0 Å². The highest BCUT2D eigenvalue weighted by Gasteiger charge is 2.49. The molecule has 4 nitrogen and oxygen atoms in total. The summed E-state index contributed by atoms with van der Waals surface area (Å²) in [7, 11) is 0. The van der Waals surface area contributed by atoms with Crippen LogP contribution in [0.5, 0.6) is 0 Å². The first-order valence-electron chi connectivity index (χ1n) is 9.13. The summed E-state index contributed by atoms with van der Waals surface area (Å²) in [6, 6.07) is 9.75. The number of fused-ring (bicyclic) bond motifs is 1. The van der Waals surface area contributed by atoms with Gasteiger partial charge in [0.05, 0.1) is 10.6 Å². The second-order valence-corrected chi connectivity index (χ2v) is 9.41. The molecular formula is C21H15Cl2FN2O2S. The number of rotatable bonds is 2. The molecule has 29 heavy (non-hydrogen) atoms. The molecule has 1 aromatic heterocycles. The Morgan fingerprint density at radius 3 is 2.69 bits per heavy atom. The molecule has 5 rings (SSSR count). The molecule has 0 atom stereocenters. The number of hydrogen-bond donors (Lipinski definition) is 1. The monoisotopic (exact) mass is 448 g/mol. The van der Waals surface area contributed by atoms with E-state index in [1.807, 2.05) is 18.2 Å². The molecule has 2 aliphatic heterocycles. The quantitative estimate of drug-likeness (QED) is 0.591. The van der Waals surface area contributed by atoms with Gasteiger partial charge in [0.2, 0.25) is 5.91 Å². The third kappa shape index (κ3) is 3.10. The number of benzene rings is 2. The zero-order valence-electron chi connectivity index (χ0n) is 15.1. The van der Waals surface area contributed by atoms with Crippen LogP contribution < -0.4 is 5.32 Å². The number of carbonyl (C=O) groups excluding carboxylic acids is 2. The van der Waals surface area contributed by atoms with Crippen molar-refractivity contribution in [2.45, 2.75) is 18.4 Å². The number of nitrogens with one attached hydrogen (secondary N) is 1. The van der Waals surface area contributed by atoms with E-state index in [1.165, 1.54) is 29.5 Å². The minimum Gasteiger partial charge on any atom is -0.347 e. The van der Waals surface area contributed by atoms with Crippen molar-refractivity contribution >= 4 is 56.4 Å². The molecule has 0 unspecified atom stereocenters. The van der Waals surface area contributed by atoms with E-state index in [9.17, 15) is 14.0 Å². The first-order chi connectivity index (χ1) is 13.8. The lowest BCUT2D eigenvalue weighted by Gasteiger charge is -2.47. The summed E-state index contributed by atoms with van der Waals surface area (Å²) in [6.07, 6.45) is 1.27. The van der Waals surface area contributed by atoms with E-state index in [0.717, 1.165) is 22.1 Å². The van der Waals surface area contributed by atoms with Crippen LogP contribution in [0.4, 0.5) is 4.39 Å². The van der Waals surface area contributed by atoms with E-state index in [2.05, 4.69) is 5.32 Å². The van der Waals surface area contributed by atoms with Crippen molar-refractivity contribution in [2.75, 3.05) is 13.1 Å². The van der Waals surface area contributed by atoms with Crippen LogP contribution in [0.2, 0.25) is 10.0 Å². The number of likely N-dealkylation sites (tertiary alicyclic amines) is 1. The van der Waals surface area contributed by atoms with E-state index >= 15 is 0 Å². The van der Waals surface area contributed by atoms with Gasteiger partial charge in [-0.1, -0.05) is 35.3 Å². The Labute approximate surface area is 180 Å². The van der Waals surface area contributed by atoms with Gasteiger partial charge in [0.15, 0.2) is 0 Å². The first kappa shape index (κ1) is 18.9. The van der Waals surface area contributed by atoms with E-state index < -0.39 is 0 Å². The van der Waals surface area contributed by atoms with Crippen LogP contribution in [0.15, 0.2) is 36.4 Å². The normalized spacial score (nSPS) is 17.6. The second kappa shape index (κ2) is 6.69. The van der Waals surface area contributed by atoms with Crippen LogP contribution in [0, 0.1) is 5.82 Å². The van der Waals surface area contributed by atoms with E-state index in [-0.39, 0.29) is 23.2 Å². The molecule has 2 amide bonds. The third-order valence-corrected chi connectivity index (χ3v) is 7.55. The molecule has 0 aliphatic carbocycles. The number of thiophene rings is 1. The van der Waals surface area contributed by atoms with Crippen molar-refractivity contribution < 1.29 is 14.0 Å². The summed E-state index contributed by atoms with van der Waals surface area (Å²) in [4.78, 5) is 26.6. The fraction of sp³-hybridized carbons (Fsp3) is 0.238. The van der Waals surface area contributed by atoms with Crippen molar-refractivity contribution in [3.05, 3.63) is 57.1 Å². The lowest BCUT2D eigenvalue weighted by molar-refractivity contribution is -0.120. The molecule has 3 aromatic rings. The van der Waals surface area contributed by atoms with E-state index in [0.29, 0.717) is 40.0 Å². The number of carbonyl (C=O) groups is 2. The SMILES string of the molecule is O=C1CCC2(CN(C(=O)c3sc4cc(-c5cc(F)ccc5Cl)ccc4c3Cl)C2)N1. The minimum atomic E-state index is -0.365. The topological polar surface area (TPSA) is 49.4 Å². The van der Waals surface area contributed by atoms with Crippen LogP contribution in [0.3, 0.4) is 0 Å². The molecule has 2 fully saturated rings. The maximum atomic E-state index is 13.7. The highest BCUT2D eigenvalue weighted by molar-refractivity contribution is 7.21. The molecule has 0 saturated carbocycles. The van der Waals surface area contributed by atoms with Gasteiger partial charge < -0.3 is 10.2 Å². The fourth-order valence-electron chi connectivity index (χ4n) is 4.07. The average Bonchev–Trinajstić information content (AvgIpc) is 3.22. The summed E-state index contributed by atoms with van der Waals surface area (Å²) in [5.41, 5.74) is 1.08. The predicted octanol–water partition coefficient (Wildman–Crippen LogP) is 5.12. The molecule has 1 spiro atoms. The van der Waals surface area contributed by atoms with E-state index in [4.69, 9.17) is 23.2 Å². The number of hydrogen-bond acceptors (Lipinski definition) is 3. The Bertz CT molecular complexity index is 1190. The Morgan fingerprint density at radius 2 is 1.97 bits per heavy atom. The highest BCUT2D eigenvalue weighted by atomic mass is 35.5. The van der Waals surface area contributed by atoms with Gasteiger partial charge in [0.1, 0.15) is 10.7 Å². The van der Waals surface area contributed by atoms with Gasteiger partial charge in [0, 0.05) is 40.2 Å². The van der Waals surface area contributed by atoms with Gasteiger partial charge in [0.25, 0.3) is 5.91 Å². The Kier molecular flexibility index (Phi) is 4.35. The van der Waals surface area contributed by atoms with Gasteiger partial charge in [-0.15, -0.1) is 11.3 Å². The molecule has 0 bridgehead atoms. The van der Waals surface area contributed by atoms with Gasteiger partial charge in [-0.2, -0.15) is 0 Å². The largest absolute Gasteiger partial charge is 0.347 e. The molecule has 2 aromatic carbocycles. The third-order valence-electron chi connectivity index (χ3n) is 5.57. The van der Waals surface area contributed by atoms with Crippen molar-refractivity contribution in [3.8, 4) is 11.1 Å². The van der Waals surface area contributed by atoms with Crippen molar-refractivity contribution in [1.82, 2.24) is 10.2 Å². The molecule has 0 radical (unpaired) electrons. The maximum Gasteiger partial charge on any atom is 0.265 e. The lowest BCUT2D eigenvalue weighted by atomic mass is 9.88.